The van der Waals surface area contributed by atoms with E-state index in [9.17, 15) is 4.79 Å². The van der Waals surface area contributed by atoms with Gasteiger partial charge in [-0.3, -0.25) is 4.79 Å². The van der Waals surface area contributed by atoms with Crippen LogP contribution >= 0.6 is 0 Å². The van der Waals surface area contributed by atoms with Gasteiger partial charge < -0.3 is 10.4 Å². The van der Waals surface area contributed by atoms with Gasteiger partial charge in [-0.05, 0) is 25.2 Å². The largest absolute Gasteiger partial charge is 0.396 e. The molecule has 104 valence electrons. The Morgan fingerprint density at radius 3 is 2.29 bits per heavy atom. The van der Waals surface area contributed by atoms with Gasteiger partial charge in [-0.1, -0.05) is 40.5 Å². The summed E-state index contributed by atoms with van der Waals surface area (Å²) in [5.74, 6) is 0.583. The molecule has 0 fully saturated rings. The summed E-state index contributed by atoms with van der Waals surface area (Å²) in [6.07, 6.45) is 6.00. The lowest BCUT2D eigenvalue weighted by molar-refractivity contribution is -0.120. The van der Waals surface area contributed by atoms with Crippen LogP contribution < -0.4 is 5.32 Å². The standard InChI is InChI=1S/C12H25NO2.C2H6/c1-3-7-11(10-14)8-5-6-9-13-12(15)4-2;1-2/h11,14H,3-10H2,1-2H3,(H,13,15);1-2H3. The maximum absolute atomic E-state index is 10.9. The summed E-state index contributed by atoms with van der Waals surface area (Å²) in [7, 11) is 0. The molecule has 0 rings (SSSR count). The molecule has 0 aliphatic rings. The third kappa shape index (κ3) is 13.4. The van der Waals surface area contributed by atoms with Gasteiger partial charge in [-0.15, -0.1) is 0 Å². The smallest absolute Gasteiger partial charge is 0.219 e. The van der Waals surface area contributed by atoms with Gasteiger partial charge in [0.1, 0.15) is 0 Å². The van der Waals surface area contributed by atoms with Gasteiger partial charge in [0.25, 0.3) is 0 Å². The lowest BCUT2D eigenvalue weighted by atomic mass is 9.98. The van der Waals surface area contributed by atoms with Gasteiger partial charge in [0, 0.05) is 19.6 Å². The topological polar surface area (TPSA) is 49.3 Å². The van der Waals surface area contributed by atoms with Crippen LogP contribution in [0.5, 0.6) is 0 Å². The highest BCUT2D eigenvalue weighted by molar-refractivity contribution is 5.75. The van der Waals surface area contributed by atoms with Crippen molar-refractivity contribution in [1.29, 1.82) is 0 Å². The summed E-state index contributed by atoms with van der Waals surface area (Å²) < 4.78 is 0. The molecular weight excluding hydrogens is 214 g/mol. The minimum Gasteiger partial charge on any atom is -0.396 e. The predicted molar refractivity (Wildman–Crippen MR) is 74.0 cm³/mol. The van der Waals surface area contributed by atoms with E-state index in [4.69, 9.17) is 5.11 Å². The average Bonchev–Trinajstić information content (AvgIpc) is 2.39. The summed E-state index contributed by atoms with van der Waals surface area (Å²) in [6.45, 7) is 9.08. The van der Waals surface area contributed by atoms with Crippen LogP contribution in [-0.2, 0) is 4.79 Å². The molecule has 3 heteroatoms. The average molecular weight is 245 g/mol. The third-order valence-corrected chi connectivity index (χ3v) is 2.64. The fraction of sp³-hybridized carbons (Fsp3) is 0.929. The van der Waals surface area contributed by atoms with Gasteiger partial charge >= 0.3 is 0 Å². The van der Waals surface area contributed by atoms with Gasteiger partial charge in [0.15, 0.2) is 0 Å². The van der Waals surface area contributed by atoms with Crippen LogP contribution in [0.25, 0.3) is 0 Å². The molecule has 0 aromatic rings. The lowest BCUT2D eigenvalue weighted by Crippen LogP contribution is -2.23. The molecule has 0 radical (unpaired) electrons. The number of nitrogens with one attached hydrogen (secondary N) is 1. The van der Waals surface area contributed by atoms with Gasteiger partial charge in [0.05, 0.1) is 0 Å². The van der Waals surface area contributed by atoms with Crippen molar-refractivity contribution in [2.24, 2.45) is 5.92 Å². The number of hydrogen-bond donors (Lipinski definition) is 2. The molecule has 0 spiro atoms. The minimum atomic E-state index is 0.127. The monoisotopic (exact) mass is 245 g/mol. The van der Waals surface area contributed by atoms with Crippen molar-refractivity contribution in [3.8, 4) is 0 Å². The number of rotatable bonds is 9. The molecule has 0 heterocycles. The Morgan fingerprint density at radius 1 is 1.18 bits per heavy atom. The maximum Gasteiger partial charge on any atom is 0.219 e. The van der Waals surface area contributed by atoms with Crippen LogP contribution in [0, 0.1) is 5.92 Å². The fourth-order valence-corrected chi connectivity index (χ4v) is 1.65. The number of amides is 1. The summed E-state index contributed by atoms with van der Waals surface area (Å²) in [5.41, 5.74) is 0. The second-order valence-electron chi connectivity index (χ2n) is 4.04. The molecule has 0 aromatic carbocycles. The quantitative estimate of drug-likeness (QED) is 0.613. The Labute approximate surface area is 107 Å². The van der Waals surface area contributed by atoms with Gasteiger partial charge in [-0.2, -0.15) is 0 Å². The van der Waals surface area contributed by atoms with E-state index in [-0.39, 0.29) is 5.91 Å². The fourth-order valence-electron chi connectivity index (χ4n) is 1.65. The first kappa shape index (κ1) is 18.8. The van der Waals surface area contributed by atoms with Gasteiger partial charge in [-0.25, -0.2) is 0 Å². The molecule has 1 amide bonds. The van der Waals surface area contributed by atoms with Crippen molar-refractivity contribution in [2.45, 2.75) is 66.2 Å². The van der Waals surface area contributed by atoms with Crippen LogP contribution in [-0.4, -0.2) is 24.2 Å². The summed E-state index contributed by atoms with van der Waals surface area (Å²) in [5, 5.41) is 11.9. The number of hydrogen-bond acceptors (Lipinski definition) is 2. The van der Waals surface area contributed by atoms with Crippen LogP contribution in [0.15, 0.2) is 0 Å². The maximum atomic E-state index is 10.9. The molecule has 3 nitrogen and oxygen atoms in total. The van der Waals surface area contributed by atoms with Crippen molar-refractivity contribution < 1.29 is 9.90 Å². The van der Waals surface area contributed by atoms with E-state index in [1.807, 2.05) is 20.8 Å². The first-order valence-corrected chi connectivity index (χ1v) is 7.12. The summed E-state index contributed by atoms with van der Waals surface area (Å²) in [4.78, 5) is 10.9. The van der Waals surface area contributed by atoms with Crippen LogP contribution in [0.2, 0.25) is 0 Å². The normalized spacial score (nSPS) is 11.4. The summed E-state index contributed by atoms with van der Waals surface area (Å²) >= 11 is 0. The molecule has 1 unspecified atom stereocenters. The first-order chi connectivity index (χ1) is 8.24. The zero-order chi connectivity index (χ0) is 13.5. The molecule has 0 aliphatic carbocycles. The van der Waals surface area contributed by atoms with Crippen molar-refractivity contribution >= 4 is 5.91 Å². The molecule has 1 atom stereocenters. The Balaban J connectivity index is 0. The highest BCUT2D eigenvalue weighted by Gasteiger charge is 2.05. The molecule has 0 aliphatic heterocycles. The van der Waals surface area contributed by atoms with Crippen molar-refractivity contribution in [1.82, 2.24) is 5.32 Å². The SMILES string of the molecule is CC.CCCC(CO)CCCCNC(=O)CC. The Kier molecular flexibility index (Phi) is 17.1. The van der Waals surface area contributed by atoms with E-state index in [0.717, 1.165) is 38.6 Å². The third-order valence-electron chi connectivity index (χ3n) is 2.64. The Hall–Kier alpha value is -0.570. The highest BCUT2D eigenvalue weighted by Crippen LogP contribution is 2.13. The second-order valence-corrected chi connectivity index (χ2v) is 4.04. The van der Waals surface area contributed by atoms with E-state index >= 15 is 0 Å². The number of aliphatic hydroxyl groups is 1. The van der Waals surface area contributed by atoms with Crippen LogP contribution in [0.4, 0.5) is 0 Å². The van der Waals surface area contributed by atoms with E-state index in [1.54, 1.807) is 0 Å². The second kappa shape index (κ2) is 15.4. The molecule has 0 bridgehead atoms. The molecule has 0 aromatic heterocycles. The van der Waals surface area contributed by atoms with E-state index in [1.165, 1.54) is 0 Å². The van der Waals surface area contributed by atoms with E-state index in [0.29, 0.717) is 18.9 Å². The molecule has 2 N–H and O–H groups in total. The lowest BCUT2D eigenvalue weighted by Gasteiger charge is -2.12. The number of unbranched alkanes of at least 4 members (excludes halogenated alkanes) is 1. The Morgan fingerprint density at radius 2 is 1.82 bits per heavy atom. The van der Waals surface area contributed by atoms with Crippen molar-refractivity contribution in [3.63, 3.8) is 0 Å². The molecule has 0 saturated carbocycles. The molecule has 0 saturated heterocycles. The number of carbonyl (C=O) groups is 1. The highest BCUT2D eigenvalue weighted by atomic mass is 16.3. The zero-order valence-electron chi connectivity index (χ0n) is 12.1. The zero-order valence-corrected chi connectivity index (χ0v) is 12.1. The van der Waals surface area contributed by atoms with Gasteiger partial charge in [0.2, 0.25) is 5.91 Å². The first-order valence-electron chi connectivity index (χ1n) is 7.12. The van der Waals surface area contributed by atoms with Crippen molar-refractivity contribution in [2.75, 3.05) is 13.2 Å². The Bertz CT molecular complexity index is 160. The number of carbonyl (C=O) groups excluding carboxylic acids is 1. The summed E-state index contributed by atoms with van der Waals surface area (Å²) in [6, 6.07) is 0. The predicted octanol–water partition coefficient (Wildman–Crippen LogP) is 3.12. The van der Waals surface area contributed by atoms with E-state index in [2.05, 4.69) is 12.2 Å². The molecular formula is C14H31NO2. The van der Waals surface area contributed by atoms with Crippen LogP contribution in [0.3, 0.4) is 0 Å². The minimum absolute atomic E-state index is 0.127. The molecule has 17 heavy (non-hydrogen) atoms. The van der Waals surface area contributed by atoms with Crippen LogP contribution in [0.1, 0.15) is 66.2 Å². The number of aliphatic hydroxyl groups excluding tert-OH is 1. The van der Waals surface area contributed by atoms with E-state index < -0.39 is 0 Å². The van der Waals surface area contributed by atoms with Crippen molar-refractivity contribution in [3.05, 3.63) is 0 Å².